The van der Waals surface area contributed by atoms with Gasteiger partial charge in [0.15, 0.2) is 18.1 Å². The van der Waals surface area contributed by atoms with Gasteiger partial charge in [-0.15, -0.1) is 0 Å². The third-order valence-electron chi connectivity index (χ3n) is 3.65. The number of amides is 1. The first-order chi connectivity index (χ1) is 12.2. The fourth-order valence-corrected chi connectivity index (χ4v) is 3.53. The van der Waals surface area contributed by atoms with Crippen LogP contribution in [0.15, 0.2) is 23.1 Å². The van der Waals surface area contributed by atoms with Crippen LogP contribution in [-0.4, -0.2) is 53.2 Å². The lowest BCUT2D eigenvalue weighted by Crippen LogP contribution is -2.46. The third kappa shape index (κ3) is 4.85. The highest BCUT2D eigenvalue weighted by Gasteiger charge is 2.30. The van der Waals surface area contributed by atoms with Crippen molar-refractivity contribution in [2.24, 2.45) is 5.92 Å². The van der Waals surface area contributed by atoms with Gasteiger partial charge < -0.3 is 19.5 Å². The highest BCUT2D eigenvalue weighted by molar-refractivity contribution is 7.89. The number of carbonyl (C=O) groups excluding carboxylic acids is 2. The van der Waals surface area contributed by atoms with Crippen LogP contribution in [0.4, 0.5) is 0 Å². The Morgan fingerprint density at radius 3 is 2.46 bits per heavy atom. The topological polar surface area (TPSA) is 120 Å². The normalized spacial score (nSPS) is 14.6. The van der Waals surface area contributed by atoms with Crippen LogP contribution in [0.1, 0.15) is 13.8 Å². The number of ether oxygens (including phenoxy) is 3. The zero-order valence-electron chi connectivity index (χ0n) is 14.8. The summed E-state index contributed by atoms with van der Waals surface area (Å²) in [6.45, 7) is 3.56. The second-order valence-electron chi connectivity index (χ2n) is 5.93. The minimum Gasteiger partial charge on any atom is -0.486 e. The summed E-state index contributed by atoms with van der Waals surface area (Å²) < 4.78 is 43.2. The molecule has 1 aliphatic rings. The first-order valence-electron chi connectivity index (χ1n) is 8.04. The molecule has 26 heavy (non-hydrogen) atoms. The molecule has 1 amide bonds. The first-order valence-corrected chi connectivity index (χ1v) is 9.52. The lowest BCUT2D eigenvalue weighted by Gasteiger charge is -2.22. The Morgan fingerprint density at radius 1 is 1.19 bits per heavy atom. The van der Waals surface area contributed by atoms with Crippen molar-refractivity contribution in [2.45, 2.75) is 24.8 Å². The van der Waals surface area contributed by atoms with Gasteiger partial charge in [-0.2, -0.15) is 4.72 Å². The zero-order valence-corrected chi connectivity index (χ0v) is 15.6. The maximum Gasteiger partial charge on any atom is 0.324 e. The number of benzene rings is 1. The van der Waals surface area contributed by atoms with Gasteiger partial charge in [0, 0.05) is 13.1 Å². The third-order valence-corrected chi connectivity index (χ3v) is 5.09. The standard InChI is InChI=1S/C16H22N2O7S/c1-10(2)15(16(20)25-9-14(19)17-3)18-26(21,22)11-4-5-12-13(8-11)24-7-6-23-12/h4-5,8,10,15,18H,6-7,9H2,1-3H3,(H,17,19). The molecule has 0 bridgehead atoms. The highest BCUT2D eigenvalue weighted by Crippen LogP contribution is 2.32. The van der Waals surface area contributed by atoms with E-state index in [1.807, 2.05) is 0 Å². The van der Waals surface area contributed by atoms with Gasteiger partial charge in [-0.05, 0) is 18.1 Å². The summed E-state index contributed by atoms with van der Waals surface area (Å²) in [5, 5.41) is 2.31. The van der Waals surface area contributed by atoms with Crippen molar-refractivity contribution >= 4 is 21.9 Å². The summed E-state index contributed by atoms with van der Waals surface area (Å²) in [5.74, 6) is -0.928. The van der Waals surface area contributed by atoms with Crippen LogP contribution < -0.4 is 19.5 Å². The molecular formula is C16H22N2O7S. The number of nitrogens with one attached hydrogen (secondary N) is 2. The molecule has 0 saturated carbocycles. The maximum absolute atomic E-state index is 12.6. The number of fused-ring (bicyclic) bond motifs is 1. The van der Waals surface area contributed by atoms with E-state index in [2.05, 4.69) is 10.0 Å². The van der Waals surface area contributed by atoms with Crippen LogP contribution in [0.25, 0.3) is 0 Å². The Bertz CT molecular complexity index is 777. The Labute approximate surface area is 152 Å². The molecule has 144 valence electrons. The van der Waals surface area contributed by atoms with E-state index in [4.69, 9.17) is 14.2 Å². The molecule has 2 rings (SSSR count). The molecule has 0 saturated heterocycles. The van der Waals surface area contributed by atoms with E-state index in [1.54, 1.807) is 13.8 Å². The van der Waals surface area contributed by atoms with E-state index in [-0.39, 0.29) is 10.8 Å². The van der Waals surface area contributed by atoms with E-state index >= 15 is 0 Å². The summed E-state index contributed by atoms with van der Waals surface area (Å²) in [7, 11) is -2.61. The monoisotopic (exact) mass is 386 g/mol. The average Bonchev–Trinajstić information content (AvgIpc) is 2.63. The number of sulfonamides is 1. The Hall–Kier alpha value is -2.33. The zero-order chi connectivity index (χ0) is 19.3. The Kier molecular flexibility index (Phi) is 6.43. The lowest BCUT2D eigenvalue weighted by molar-refractivity contribution is -0.151. The number of rotatable bonds is 7. The summed E-state index contributed by atoms with van der Waals surface area (Å²) in [6, 6.07) is 3.06. The minimum absolute atomic E-state index is 0.0634. The van der Waals surface area contributed by atoms with Crippen LogP contribution >= 0.6 is 0 Å². The average molecular weight is 386 g/mol. The van der Waals surface area contributed by atoms with Gasteiger partial charge in [0.1, 0.15) is 19.3 Å². The van der Waals surface area contributed by atoms with Gasteiger partial charge in [0.2, 0.25) is 10.0 Å². The van der Waals surface area contributed by atoms with Crippen molar-refractivity contribution in [1.82, 2.24) is 10.0 Å². The van der Waals surface area contributed by atoms with E-state index in [1.165, 1.54) is 25.2 Å². The van der Waals surface area contributed by atoms with Crippen molar-refractivity contribution in [3.63, 3.8) is 0 Å². The predicted octanol–water partition coefficient (Wildman–Crippen LogP) is 0.0499. The van der Waals surface area contributed by atoms with Gasteiger partial charge in [0.25, 0.3) is 5.91 Å². The van der Waals surface area contributed by atoms with Crippen molar-refractivity contribution < 1.29 is 32.2 Å². The molecule has 1 aromatic carbocycles. The van der Waals surface area contributed by atoms with E-state index < -0.39 is 34.5 Å². The van der Waals surface area contributed by atoms with Gasteiger partial charge >= 0.3 is 5.97 Å². The molecule has 0 radical (unpaired) electrons. The smallest absolute Gasteiger partial charge is 0.324 e. The van der Waals surface area contributed by atoms with Gasteiger partial charge in [-0.1, -0.05) is 13.8 Å². The molecule has 0 spiro atoms. The molecule has 10 heteroatoms. The summed E-state index contributed by atoms with van der Waals surface area (Å²) in [5.41, 5.74) is 0. The fourth-order valence-electron chi connectivity index (χ4n) is 2.18. The van der Waals surface area contributed by atoms with Crippen LogP contribution in [0.3, 0.4) is 0 Å². The number of carbonyl (C=O) groups is 2. The van der Waals surface area contributed by atoms with Gasteiger partial charge in [-0.3, -0.25) is 9.59 Å². The molecule has 1 aromatic rings. The van der Waals surface area contributed by atoms with E-state index in [0.717, 1.165) is 0 Å². The van der Waals surface area contributed by atoms with Crippen molar-refractivity contribution in [1.29, 1.82) is 0 Å². The quantitative estimate of drug-likeness (QED) is 0.635. The molecule has 1 aliphatic heterocycles. The maximum atomic E-state index is 12.6. The second-order valence-corrected chi connectivity index (χ2v) is 7.64. The van der Waals surface area contributed by atoms with E-state index in [0.29, 0.717) is 24.7 Å². The molecular weight excluding hydrogens is 364 g/mol. The molecule has 2 N–H and O–H groups in total. The first kappa shape index (κ1) is 20.0. The molecule has 1 atom stereocenters. The number of hydrogen-bond donors (Lipinski definition) is 2. The van der Waals surface area contributed by atoms with Crippen molar-refractivity contribution in [3.05, 3.63) is 18.2 Å². The lowest BCUT2D eigenvalue weighted by atomic mass is 10.1. The summed E-state index contributed by atoms with van der Waals surface area (Å²) >= 11 is 0. The summed E-state index contributed by atoms with van der Waals surface area (Å²) in [6.07, 6.45) is 0. The van der Waals surface area contributed by atoms with Crippen LogP contribution in [-0.2, 0) is 24.3 Å². The van der Waals surface area contributed by atoms with Crippen LogP contribution in [0, 0.1) is 5.92 Å². The van der Waals surface area contributed by atoms with Gasteiger partial charge in [0.05, 0.1) is 4.90 Å². The number of hydrogen-bond acceptors (Lipinski definition) is 7. The molecule has 1 unspecified atom stereocenters. The molecule has 0 fully saturated rings. The van der Waals surface area contributed by atoms with Crippen molar-refractivity contribution in [2.75, 3.05) is 26.9 Å². The van der Waals surface area contributed by atoms with Crippen LogP contribution in [0.5, 0.6) is 11.5 Å². The second kappa shape index (κ2) is 8.37. The number of likely N-dealkylation sites (N-methyl/N-ethyl adjacent to an activating group) is 1. The van der Waals surface area contributed by atoms with Gasteiger partial charge in [-0.25, -0.2) is 8.42 Å². The Balaban J connectivity index is 2.16. The van der Waals surface area contributed by atoms with E-state index in [9.17, 15) is 18.0 Å². The molecule has 0 aromatic heterocycles. The molecule has 9 nitrogen and oxygen atoms in total. The van der Waals surface area contributed by atoms with Crippen molar-refractivity contribution in [3.8, 4) is 11.5 Å². The largest absolute Gasteiger partial charge is 0.486 e. The fraction of sp³-hybridized carbons (Fsp3) is 0.500. The predicted molar refractivity (Wildman–Crippen MR) is 91.4 cm³/mol. The minimum atomic E-state index is -4.01. The van der Waals surface area contributed by atoms with Crippen LogP contribution in [0.2, 0.25) is 0 Å². The molecule has 0 aliphatic carbocycles. The Morgan fingerprint density at radius 2 is 1.85 bits per heavy atom. The number of esters is 1. The molecule has 1 heterocycles. The summed E-state index contributed by atoms with van der Waals surface area (Å²) in [4.78, 5) is 23.3. The SMILES string of the molecule is CNC(=O)COC(=O)C(NS(=O)(=O)c1ccc2c(c1)OCCO2)C(C)C. The highest BCUT2D eigenvalue weighted by atomic mass is 32.2.